The van der Waals surface area contributed by atoms with Gasteiger partial charge < -0.3 is 18.9 Å². The first-order chi connectivity index (χ1) is 15.5. The lowest BCUT2D eigenvalue weighted by Crippen LogP contribution is -2.17. The molecule has 8 heteroatoms. The Morgan fingerprint density at radius 2 is 1.66 bits per heavy atom. The van der Waals surface area contributed by atoms with Crippen LogP contribution in [0.4, 0.5) is 4.39 Å². The molecule has 0 bridgehead atoms. The zero-order valence-electron chi connectivity index (χ0n) is 17.9. The fraction of sp³-hybridized carbons (Fsp3) is 0.167. The molecule has 0 fully saturated rings. The lowest BCUT2D eigenvalue weighted by atomic mass is 10.2. The summed E-state index contributed by atoms with van der Waals surface area (Å²) in [7, 11) is 4.52. The second kappa shape index (κ2) is 10.8. The minimum Gasteiger partial charge on any atom is -0.497 e. The molecule has 0 aliphatic rings. The molecule has 0 saturated carbocycles. The lowest BCUT2D eigenvalue weighted by Gasteiger charge is -2.11. The van der Waals surface area contributed by atoms with Gasteiger partial charge in [-0.25, -0.2) is 9.82 Å². The Labute approximate surface area is 185 Å². The highest BCUT2D eigenvalue weighted by Crippen LogP contribution is 2.28. The number of hydrogen-bond acceptors (Lipinski definition) is 6. The van der Waals surface area contributed by atoms with Crippen LogP contribution in [-0.4, -0.2) is 33.5 Å². The van der Waals surface area contributed by atoms with Crippen molar-refractivity contribution in [1.29, 1.82) is 0 Å². The Hall–Kier alpha value is -4.07. The molecule has 0 atom stereocenters. The zero-order valence-corrected chi connectivity index (χ0v) is 17.9. The average molecular weight is 438 g/mol. The Kier molecular flexibility index (Phi) is 7.64. The standard InChI is InChI=1S/C24H23FN2O5/c1-29-19-11-18(12-20(13-19)30-2)24(28)27-26-14-16-8-9-22(23(10-16)31-3)32-15-17-6-4-5-7-21(17)25/h4-14H,15H2,1-3H3,(H,27,28). The Morgan fingerprint density at radius 1 is 0.938 bits per heavy atom. The van der Waals surface area contributed by atoms with Gasteiger partial charge in [-0.3, -0.25) is 4.79 Å². The van der Waals surface area contributed by atoms with Gasteiger partial charge in [0.25, 0.3) is 5.91 Å². The highest BCUT2D eigenvalue weighted by Gasteiger charge is 2.10. The number of carbonyl (C=O) groups excluding carboxylic acids is 1. The molecule has 0 unspecified atom stereocenters. The summed E-state index contributed by atoms with van der Waals surface area (Å²) in [5.41, 5.74) is 3.91. The van der Waals surface area contributed by atoms with Crippen LogP contribution in [0.1, 0.15) is 21.5 Å². The number of hydrazone groups is 1. The van der Waals surface area contributed by atoms with Crippen molar-refractivity contribution in [2.45, 2.75) is 6.61 Å². The molecule has 0 spiro atoms. The lowest BCUT2D eigenvalue weighted by molar-refractivity contribution is 0.0954. The summed E-state index contributed by atoms with van der Waals surface area (Å²) in [6.07, 6.45) is 1.47. The first-order valence-electron chi connectivity index (χ1n) is 9.64. The van der Waals surface area contributed by atoms with Crippen molar-refractivity contribution < 1.29 is 28.1 Å². The molecule has 0 aliphatic heterocycles. The second-order valence-electron chi connectivity index (χ2n) is 6.59. The molecule has 0 saturated heterocycles. The highest BCUT2D eigenvalue weighted by molar-refractivity contribution is 5.95. The van der Waals surface area contributed by atoms with E-state index >= 15 is 0 Å². The van der Waals surface area contributed by atoms with E-state index in [9.17, 15) is 9.18 Å². The molecule has 0 aromatic heterocycles. The fourth-order valence-corrected chi connectivity index (χ4v) is 2.82. The van der Waals surface area contributed by atoms with Gasteiger partial charge in [-0.2, -0.15) is 5.10 Å². The maximum atomic E-state index is 13.8. The summed E-state index contributed by atoms with van der Waals surface area (Å²) in [6.45, 7) is 0.0660. The Bertz CT molecular complexity index is 1100. The number of carbonyl (C=O) groups is 1. The van der Waals surface area contributed by atoms with Gasteiger partial charge in [0.05, 0.1) is 27.5 Å². The van der Waals surface area contributed by atoms with E-state index in [-0.39, 0.29) is 12.4 Å². The smallest absolute Gasteiger partial charge is 0.271 e. The first-order valence-corrected chi connectivity index (χ1v) is 9.64. The SMILES string of the molecule is COc1cc(OC)cc(C(=O)NN=Cc2ccc(OCc3ccccc3F)c(OC)c2)c1. The van der Waals surface area contributed by atoms with Crippen molar-refractivity contribution in [3.05, 3.63) is 83.2 Å². The van der Waals surface area contributed by atoms with Crippen LogP contribution in [0.2, 0.25) is 0 Å². The molecule has 0 radical (unpaired) electrons. The summed E-state index contributed by atoms with van der Waals surface area (Å²) in [6, 6.07) is 16.4. The first kappa shape index (κ1) is 22.6. The van der Waals surface area contributed by atoms with Crippen molar-refractivity contribution in [3.8, 4) is 23.0 Å². The van der Waals surface area contributed by atoms with E-state index in [2.05, 4.69) is 10.5 Å². The van der Waals surface area contributed by atoms with Gasteiger partial charge in [-0.05, 0) is 42.0 Å². The number of rotatable bonds is 9. The monoisotopic (exact) mass is 438 g/mol. The molecule has 32 heavy (non-hydrogen) atoms. The van der Waals surface area contributed by atoms with Crippen molar-refractivity contribution in [2.24, 2.45) is 5.10 Å². The third-order valence-electron chi connectivity index (χ3n) is 4.52. The summed E-state index contributed by atoms with van der Waals surface area (Å²) >= 11 is 0. The van der Waals surface area contributed by atoms with Crippen LogP contribution < -0.4 is 24.4 Å². The molecule has 166 valence electrons. The van der Waals surface area contributed by atoms with Crippen molar-refractivity contribution in [1.82, 2.24) is 5.43 Å². The van der Waals surface area contributed by atoms with E-state index in [1.54, 1.807) is 54.6 Å². The Balaban J connectivity index is 1.66. The quantitative estimate of drug-likeness (QED) is 0.400. The summed E-state index contributed by atoms with van der Waals surface area (Å²) in [5.74, 6) is 1.15. The van der Waals surface area contributed by atoms with E-state index < -0.39 is 5.91 Å². The van der Waals surface area contributed by atoms with E-state index in [0.717, 1.165) is 0 Å². The summed E-state index contributed by atoms with van der Waals surface area (Å²) < 4.78 is 35.2. The molecule has 7 nitrogen and oxygen atoms in total. The fourth-order valence-electron chi connectivity index (χ4n) is 2.82. The number of nitrogens with one attached hydrogen (secondary N) is 1. The molecule has 0 aliphatic carbocycles. The Morgan fingerprint density at radius 3 is 2.31 bits per heavy atom. The summed E-state index contributed by atoms with van der Waals surface area (Å²) in [4.78, 5) is 12.4. The van der Waals surface area contributed by atoms with Gasteiger partial charge in [0.2, 0.25) is 0 Å². The molecule has 3 rings (SSSR count). The molecule has 0 heterocycles. The highest BCUT2D eigenvalue weighted by atomic mass is 19.1. The van der Waals surface area contributed by atoms with Gasteiger partial charge >= 0.3 is 0 Å². The number of nitrogens with zero attached hydrogens (tertiary/aromatic N) is 1. The van der Waals surface area contributed by atoms with Crippen molar-refractivity contribution in [3.63, 3.8) is 0 Å². The topological polar surface area (TPSA) is 78.4 Å². The van der Waals surface area contributed by atoms with Crippen molar-refractivity contribution >= 4 is 12.1 Å². The third kappa shape index (κ3) is 5.75. The van der Waals surface area contributed by atoms with Crippen LogP contribution >= 0.6 is 0 Å². The van der Waals surface area contributed by atoms with Crippen LogP contribution in [0.5, 0.6) is 23.0 Å². The average Bonchev–Trinajstić information content (AvgIpc) is 2.83. The van der Waals surface area contributed by atoms with Crippen LogP contribution in [0.15, 0.2) is 65.8 Å². The number of amides is 1. The van der Waals surface area contributed by atoms with E-state index in [1.165, 1.54) is 33.6 Å². The molecule has 3 aromatic carbocycles. The van der Waals surface area contributed by atoms with E-state index in [4.69, 9.17) is 18.9 Å². The van der Waals surface area contributed by atoms with Gasteiger partial charge in [-0.15, -0.1) is 0 Å². The summed E-state index contributed by atoms with van der Waals surface area (Å²) in [5, 5.41) is 3.99. The van der Waals surface area contributed by atoms with Crippen LogP contribution in [0, 0.1) is 5.82 Å². The maximum Gasteiger partial charge on any atom is 0.271 e. The molecule has 3 aromatic rings. The number of halogens is 1. The number of methoxy groups -OCH3 is 3. The zero-order chi connectivity index (χ0) is 22.9. The predicted octanol–water partition coefficient (Wildman–Crippen LogP) is 4.19. The van der Waals surface area contributed by atoms with Crippen LogP contribution in [-0.2, 0) is 6.61 Å². The van der Waals surface area contributed by atoms with Crippen LogP contribution in [0.3, 0.4) is 0 Å². The van der Waals surface area contributed by atoms with E-state index in [0.29, 0.717) is 39.7 Å². The largest absolute Gasteiger partial charge is 0.497 e. The normalized spacial score (nSPS) is 10.6. The molecular weight excluding hydrogens is 415 g/mol. The predicted molar refractivity (Wildman–Crippen MR) is 118 cm³/mol. The minimum absolute atomic E-state index is 0.0660. The molecular formula is C24H23FN2O5. The minimum atomic E-state index is -0.421. The van der Waals surface area contributed by atoms with Gasteiger partial charge in [0, 0.05) is 17.2 Å². The second-order valence-corrected chi connectivity index (χ2v) is 6.59. The molecule has 1 N–H and O–H groups in total. The van der Waals surface area contributed by atoms with E-state index in [1.807, 2.05) is 0 Å². The van der Waals surface area contributed by atoms with Gasteiger partial charge in [0.1, 0.15) is 23.9 Å². The van der Waals surface area contributed by atoms with Gasteiger partial charge in [-0.1, -0.05) is 18.2 Å². The van der Waals surface area contributed by atoms with Crippen LogP contribution in [0.25, 0.3) is 0 Å². The molecule has 1 amide bonds. The number of ether oxygens (including phenoxy) is 4. The number of benzene rings is 3. The van der Waals surface area contributed by atoms with Crippen molar-refractivity contribution in [2.75, 3.05) is 21.3 Å². The third-order valence-corrected chi connectivity index (χ3v) is 4.52. The van der Waals surface area contributed by atoms with Gasteiger partial charge in [0.15, 0.2) is 11.5 Å². The maximum absolute atomic E-state index is 13.8. The number of hydrogen-bond donors (Lipinski definition) is 1.